The topological polar surface area (TPSA) is 34.0 Å². The van der Waals surface area contributed by atoms with E-state index < -0.39 is 0 Å². The van der Waals surface area contributed by atoms with E-state index in [1.807, 2.05) is 4.68 Å². The molecular formula is C19H34N5S+. The highest BCUT2D eigenvalue weighted by Gasteiger charge is 2.18. The van der Waals surface area contributed by atoms with Crippen LogP contribution in [0.2, 0.25) is 0 Å². The van der Waals surface area contributed by atoms with Gasteiger partial charge in [0.05, 0.1) is 33.4 Å². The van der Waals surface area contributed by atoms with Crippen molar-refractivity contribution in [1.29, 1.82) is 0 Å². The summed E-state index contributed by atoms with van der Waals surface area (Å²) in [5, 5.41) is 8.70. The number of thiol groups is 1. The van der Waals surface area contributed by atoms with Crippen LogP contribution in [0.25, 0.3) is 0 Å². The van der Waals surface area contributed by atoms with E-state index in [4.69, 9.17) is 0 Å². The molecule has 1 heterocycles. The van der Waals surface area contributed by atoms with Gasteiger partial charge in [-0.2, -0.15) is 12.6 Å². The van der Waals surface area contributed by atoms with Gasteiger partial charge < -0.3 is 9.38 Å². The van der Waals surface area contributed by atoms with Gasteiger partial charge in [0.25, 0.3) is 0 Å². The minimum atomic E-state index is 0.880. The van der Waals surface area contributed by atoms with Crippen molar-refractivity contribution < 1.29 is 4.48 Å². The third kappa shape index (κ3) is 6.51. The molecule has 0 aromatic carbocycles. The molecule has 25 heavy (non-hydrogen) atoms. The predicted octanol–water partition coefficient (Wildman–Crippen LogP) is 3.12. The molecule has 0 N–H and O–H groups in total. The molecule has 0 atom stereocenters. The summed E-state index contributed by atoms with van der Waals surface area (Å²) >= 11 is 4.31. The number of aromatic nitrogens is 3. The summed E-state index contributed by atoms with van der Waals surface area (Å²) in [7, 11) is 4.48. The molecule has 0 aliphatic heterocycles. The van der Waals surface area contributed by atoms with Gasteiger partial charge in [-0.05, 0) is 38.5 Å². The summed E-state index contributed by atoms with van der Waals surface area (Å²) in [4.78, 5) is 2.46. The van der Waals surface area contributed by atoms with Gasteiger partial charge in [0.15, 0.2) is 0 Å². The second-order valence-electron chi connectivity index (χ2n) is 7.62. The lowest BCUT2D eigenvalue weighted by Gasteiger charge is -2.28. The Morgan fingerprint density at radius 2 is 2.08 bits per heavy atom. The molecule has 140 valence electrons. The maximum absolute atomic E-state index is 4.37. The molecule has 0 spiro atoms. The smallest absolute Gasteiger partial charge is 0.137 e. The van der Waals surface area contributed by atoms with Crippen LogP contribution in [0.15, 0.2) is 29.6 Å². The molecule has 0 saturated heterocycles. The van der Waals surface area contributed by atoms with Gasteiger partial charge in [0.2, 0.25) is 0 Å². The van der Waals surface area contributed by atoms with Crippen LogP contribution in [-0.4, -0.2) is 63.9 Å². The summed E-state index contributed by atoms with van der Waals surface area (Å²) in [6.07, 6.45) is 10.1. The quantitative estimate of drug-likeness (QED) is 0.512. The Kier molecular flexibility index (Phi) is 7.56. The van der Waals surface area contributed by atoms with Crippen LogP contribution in [0, 0.1) is 0 Å². The molecule has 2 rings (SSSR count). The highest BCUT2D eigenvalue weighted by Crippen LogP contribution is 2.20. The molecule has 5 nitrogen and oxygen atoms in total. The second-order valence-corrected chi connectivity index (χ2v) is 8.07. The Hall–Kier alpha value is -1.27. The van der Waals surface area contributed by atoms with E-state index in [0.29, 0.717) is 0 Å². The standard InChI is InChI=1S/C19H33N5S/c1-5-22(19-9-7-17(2)8-10-19)11-12-23-15-18(20-21-23)16-24(3,4)13-6-14-25/h7,9,15H,5-6,8,10-14,16H2,1-4H3/p+1. The maximum atomic E-state index is 4.37. The number of quaternary nitrogens is 1. The van der Waals surface area contributed by atoms with Crippen LogP contribution in [0.3, 0.4) is 0 Å². The largest absolute Gasteiger partial charge is 0.373 e. The minimum Gasteiger partial charge on any atom is -0.373 e. The molecule has 0 bridgehead atoms. The highest BCUT2D eigenvalue weighted by atomic mass is 32.1. The Labute approximate surface area is 158 Å². The fourth-order valence-electron chi connectivity index (χ4n) is 3.26. The van der Waals surface area contributed by atoms with Crippen molar-refractivity contribution in [1.82, 2.24) is 19.9 Å². The Morgan fingerprint density at radius 1 is 1.28 bits per heavy atom. The molecule has 0 unspecified atom stereocenters. The summed E-state index contributed by atoms with van der Waals surface area (Å²) in [6.45, 7) is 9.35. The van der Waals surface area contributed by atoms with Crippen LogP contribution < -0.4 is 0 Å². The molecule has 1 aromatic heterocycles. The van der Waals surface area contributed by atoms with Crippen LogP contribution in [0.5, 0.6) is 0 Å². The van der Waals surface area contributed by atoms with Gasteiger partial charge in [-0.25, -0.2) is 0 Å². The first-order valence-electron chi connectivity index (χ1n) is 9.36. The van der Waals surface area contributed by atoms with Crippen LogP contribution in [0.4, 0.5) is 0 Å². The van der Waals surface area contributed by atoms with E-state index in [-0.39, 0.29) is 0 Å². The maximum Gasteiger partial charge on any atom is 0.137 e. The van der Waals surface area contributed by atoms with Gasteiger partial charge in [-0.3, -0.25) is 4.68 Å². The Morgan fingerprint density at radius 3 is 2.72 bits per heavy atom. The van der Waals surface area contributed by atoms with Crippen molar-refractivity contribution in [2.75, 3.05) is 39.5 Å². The van der Waals surface area contributed by atoms with Gasteiger partial charge in [-0.15, -0.1) is 5.10 Å². The van der Waals surface area contributed by atoms with Crippen molar-refractivity contribution >= 4 is 12.6 Å². The number of likely N-dealkylation sites (N-methyl/N-ethyl adjacent to an activating group) is 1. The first-order chi connectivity index (χ1) is 11.9. The monoisotopic (exact) mass is 364 g/mol. The molecule has 0 radical (unpaired) electrons. The zero-order valence-corrected chi connectivity index (χ0v) is 17.2. The Balaban J connectivity index is 1.88. The number of nitrogens with zero attached hydrogens (tertiary/aromatic N) is 5. The van der Waals surface area contributed by atoms with Crippen molar-refractivity contribution in [2.45, 2.75) is 46.2 Å². The number of hydrogen-bond donors (Lipinski definition) is 1. The molecule has 1 aromatic rings. The summed E-state index contributed by atoms with van der Waals surface area (Å²) in [6, 6.07) is 0. The van der Waals surface area contributed by atoms with Crippen LogP contribution >= 0.6 is 12.6 Å². The van der Waals surface area contributed by atoms with Gasteiger partial charge in [0, 0.05) is 25.2 Å². The van der Waals surface area contributed by atoms with Crippen molar-refractivity contribution in [3.05, 3.63) is 35.3 Å². The SMILES string of the molecule is CCN(CCn1cc(C[N+](C)(C)CCCS)nn1)C1=CC=C(C)CC1. The van der Waals surface area contributed by atoms with E-state index in [9.17, 15) is 0 Å². The highest BCUT2D eigenvalue weighted by molar-refractivity contribution is 7.80. The lowest BCUT2D eigenvalue weighted by Crippen LogP contribution is -2.39. The van der Waals surface area contributed by atoms with E-state index in [0.717, 1.165) is 61.5 Å². The number of allylic oxidation sites excluding steroid dienone is 4. The average molecular weight is 365 g/mol. The predicted molar refractivity (Wildman–Crippen MR) is 107 cm³/mol. The second kappa shape index (κ2) is 9.43. The van der Waals surface area contributed by atoms with E-state index >= 15 is 0 Å². The van der Waals surface area contributed by atoms with Crippen molar-refractivity contribution in [3.8, 4) is 0 Å². The van der Waals surface area contributed by atoms with E-state index in [1.54, 1.807) is 0 Å². The zero-order chi connectivity index (χ0) is 18.3. The van der Waals surface area contributed by atoms with E-state index in [1.165, 1.54) is 17.7 Å². The van der Waals surface area contributed by atoms with Crippen molar-refractivity contribution in [3.63, 3.8) is 0 Å². The first kappa shape index (κ1) is 20.0. The summed E-state index contributed by atoms with van der Waals surface area (Å²) < 4.78 is 2.92. The fourth-order valence-corrected chi connectivity index (χ4v) is 3.40. The Bertz CT molecular complexity index is 603. The first-order valence-corrected chi connectivity index (χ1v) is 10.00. The molecule has 1 aliphatic carbocycles. The molecule has 1 aliphatic rings. The summed E-state index contributed by atoms with van der Waals surface area (Å²) in [5.74, 6) is 0.936. The molecule has 0 fully saturated rings. The number of hydrogen-bond acceptors (Lipinski definition) is 4. The lowest BCUT2D eigenvalue weighted by molar-refractivity contribution is -0.903. The summed E-state index contributed by atoms with van der Waals surface area (Å²) in [5.41, 5.74) is 3.99. The lowest BCUT2D eigenvalue weighted by atomic mass is 10.0. The van der Waals surface area contributed by atoms with E-state index in [2.05, 4.69) is 74.1 Å². The van der Waals surface area contributed by atoms with Crippen LogP contribution in [0.1, 0.15) is 38.8 Å². The number of rotatable bonds is 10. The minimum absolute atomic E-state index is 0.880. The molecular weight excluding hydrogens is 330 g/mol. The molecule has 6 heteroatoms. The molecule has 0 amide bonds. The normalized spacial score (nSPS) is 15.1. The van der Waals surface area contributed by atoms with Crippen LogP contribution in [-0.2, 0) is 13.1 Å². The van der Waals surface area contributed by atoms with Crippen molar-refractivity contribution in [2.24, 2.45) is 0 Å². The van der Waals surface area contributed by atoms with Gasteiger partial charge in [-0.1, -0.05) is 16.9 Å². The fraction of sp³-hybridized carbons (Fsp3) is 0.684. The van der Waals surface area contributed by atoms with Gasteiger partial charge in [0.1, 0.15) is 12.2 Å². The zero-order valence-electron chi connectivity index (χ0n) is 16.3. The third-order valence-corrected chi connectivity index (χ3v) is 5.14. The van der Waals surface area contributed by atoms with Gasteiger partial charge >= 0.3 is 0 Å². The third-order valence-electron chi connectivity index (χ3n) is 4.82. The average Bonchev–Trinajstić information content (AvgIpc) is 3.01. The molecule has 0 saturated carbocycles.